The zero-order valence-electron chi connectivity index (χ0n) is 12.6. The monoisotopic (exact) mass is 279 g/mol. The Hall–Kier alpha value is -2.22. The molecule has 1 heterocycles. The maximum atomic E-state index is 5.19. The number of fused-ring (bicyclic) bond motifs is 1. The highest BCUT2D eigenvalue weighted by atomic mass is 16.5. The molecule has 0 radical (unpaired) electrons. The number of H-pyrrole nitrogens is 1. The van der Waals surface area contributed by atoms with Crippen LogP contribution in [0.25, 0.3) is 10.9 Å². The standard InChI is InChI=1S/C19H21NO/c1-14-17(18-7-3-4-9-19(18)20-14)8-5-6-15-10-12-16(21-2)13-11-15/h3-4,7,9-13,20H,5-6,8H2,1-2H3. The second-order valence-corrected chi connectivity index (χ2v) is 5.48. The van der Waals surface area contributed by atoms with Gasteiger partial charge in [0.05, 0.1) is 7.11 Å². The Morgan fingerprint density at radius 2 is 1.71 bits per heavy atom. The molecule has 3 aromatic rings. The average molecular weight is 279 g/mol. The number of hydrogen-bond donors (Lipinski definition) is 1. The van der Waals surface area contributed by atoms with Gasteiger partial charge in [-0.05, 0) is 55.5 Å². The lowest BCUT2D eigenvalue weighted by Crippen LogP contribution is -1.92. The molecule has 0 fully saturated rings. The fourth-order valence-corrected chi connectivity index (χ4v) is 2.92. The Kier molecular flexibility index (Phi) is 3.96. The lowest BCUT2D eigenvalue weighted by Gasteiger charge is -2.04. The van der Waals surface area contributed by atoms with E-state index >= 15 is 0 Å². The lowest BCUT2D eigenvalue weighted by molar-refractivity contribution is 0.414. The summed E-state index contributed by atoms with van der Waals surface area (Å²) in [5.41, 5.74) is 5.37. The van der Waals surface area contributed by atoms with E-state index in [4.69, 9.17) is 4.74 Å². The van der Waals surface area contributed by atoms with Crippen molar-refractivity contribution in [3.05, 3.63) is 65.4 Å². The summed E-state index contributed by atoms with van der Waals surface area (Å²) in [6.45, 7) is 2.17. The van der Waals surface area contributed by atoms with Crippen LogP contribution in [0.5, 0.6) is 5.75 Å². The second-order valence-electron chi connectivity index (χ2n) is 5.48. The maximum absolute atomic E-state index is 5.19. The zero-order valence-corrected chi connectivity index (χ0v) is 12.6. The summed E-state index contributed by atoms with van der Waals surface area (Å²) in [4.78, 5) is 3.47. The van der Waals surface area contributed by atoms with Crippen molar-refractivity contribution in [3.8, 4) is 5.75 Å². The van der Waals surface area contributed by atoms with Gasteiger partial charge in [-0.2, -0.15) is 0 Å². The lowest BCUT2D eigenvalue weighted by atomic mass is 10.0. The van der Waals surface area contributed by atoms with Crippen LogP contribution in [-0.2, 0) is 12.8 Å². The van der Waals surface area contributed by atoms with E-state index in [1.165, 1.54) is 27.7 Å². The van der Waals surface area contributed by atoms with Crippen LogP contribution in [0.1, 0.15) is 23.2 Å². The topological polar surface area (TPSA) is 25.0 Å². The molecule has 0 bridgehead atoms. The third-order valence-electron chi connectivity index (χ3n) is 4.08. The summed E-state index contributed by atoms with van der Waals surface area (Å²) >= 11 is 0. The molecule has 0 aliphatic carbocycles. The molecule has 0 saturated carbocycles. The molecule has 0 aliphatic heterocycles. The van der Waals surface area contributed by atoms with Gasteiger partial charge < -0.3 is 9.72 Å². The summed E-state index contributed by atoms with van der Waals surface area (Å²) in [5, 5.41) is 1.37. The largest absolute Gasteiger partial charge is 0.497 e. The van der Waals surface area contributed by atoms with Gasteiger partial charge in [0.15, 0.2) is 0 Å². The number of aryl methyl sites for hydroxylation is 3. The van der Waals surface area contributed by atoms with Crippen LogP contribution in [0.2, 0.25) is 0 Å². The first-order valence-electron chi connectivity index (χ1n) is 7.47. The molecule has 0 unspecified atom stereocenters. The van der Waals surface area contributed by atoms with E-state index in [9.17, 15) is 0 Å². The van der Waals surface area contributed by atoms with E-state index in [-0.39, 0.29) is 0 Å². The van der Waals surface area contributed by atoms with Crippen molar-refractivity contribution in [1.82, 2.24) is 4.98 Å². The molecular formula is C19H21NO. The van der Waals surface area contributed by atoms with Gasteiger partial charge in [-0.1, -0.05) is 30.3 Å². The van der Waals surface area contributed by atoms with Crippen LogP contribution < -0.4 is 4.74 Å². The van der Waals surface area contributed by atoms with E-state index < -0.39 is 0 Å². The summed E-state index contributed by atoms with van der Waals surface area (Å²) in [6, 6.07) is 16.9. The van der Waals surface area contributed by atoms with Crippen LogP contribution >= 0.6 is 0 Å². The summed E-state index contributed by atoms with van der Waals surface area (Å²) < 4.78 is 5.19. The van der Waals surface area contributed by atoms with Gasteiger partial charge in [-0.25, -0.2) is 0 Å². The SMILES string of the molecule is COc1ccc(CCCc2c(C)[nH]c3ccccc23)cc1. The number of aromatic amines is 1. The number of nitrogens with one attached hydrogen (secondary N) is 1. The molecule has 0 amide bonds. The number of para-hydroxylation sites is 1. The molecular weight excluding hydrogens is 258 g/mol. The van der Waals surface area contributed by atoms with Crippen molar-refractivity contribution in [2.24, 2.45) is 0 Å². The van der Waals surface area contributed by atoms with Crippen LogP contribution in [0.4, 0.5) is 0 Å². The van der Waals surface area contributed by atoms with Crippen molar-refractivity contribution in [2.75, 3.05) is 7.11 Å². The third-order valence-corrected chi connectivity index (χ3v) is 4.08. The van der Waals surface area contributed by atoms with Gasteiger partial charge >= 0.3 is 0 Å². The highest BCUT2D eigenvalue weighted by Gasteiger charge is 2.07. The van der Waals surface area contributed by atoms with Crippen molar-refractivity contribution in [1.29, 1.82) is 0 Å². The van der Waals surface area contributed by atoms with Gasteiger partial charge in [0.25, 0.3) is 0 Å². The maximum Gasteiger partial charge on any atom is 0.118 e. The minimum Gasteiger partial charge on any atom is -0.497 e. The fraction of sp³-hybridized carbons (Fsp3) is 0.263. The van der Waals surface area contributed by atoms with E-state index in [0.717, 1.165) is 25.0 Å². The van der Waals surface area contributed by atoms with E-state index in [1.807, 2.05) is 12.1 Å². The number of hydrogen-bond acceptors (Lipinski definition) is 1. The minimum absolute atomic E-state index is 0.922. The first kappa shape index (κ1) is 13.7. The molecule has 21 heavy (non-hydrogen) atoms. The van der Waals surface area contributed by atoms with Crippen LogP contribution in [-0.4, -0.2) is 12.1 Å². The molecule has 2 aromatic carbocycles. The molecule has 0 atom stereocenters. The number of benzene rings is 2. The Bertz CT molecular complexity index is 725. The Morgan fingerprint density at radius 3 is 2.48 bits per heavy atom. The van der Waals surface area contributed by atoms with E-state index in [2.05, 4.69) is 48.3 Å². The van der Waals surface area contributed by atoms with Gasteiger partial charge in [0, 0.05) is 16.6 Å². The quantitative estimate of drug-likeness (QED) is 0.722. The number of aromatic nitrogens is 1. The van der Waals surface area contributed by atoms with Crippen LogP contribution in [0, 0.1) is 6.92 Å². The molecule has 1 aromatic heterocycles. The molecule has 108 valence electrons. The van der Waals surface area contributed by atoms with Crippen LogP contribution in [0.15, 0.2) is 48.5 Å². The van der Waals surface area contributed by atoms with Crippen molar-refractivity contribution >= 4 is 10.9 Å². The van der Waals surface area contributed by atoms with Gasteiger partial charge in [0.2, 0.25) is 0 Å². The predicted molar refractivity (Wildman–Crippen MR) is 88.1 cm³/mol. The molecule has 0 spiro atoms. The zero-order chi connectivity index (χ0) is 14.7. The average Bonchev–Trinajstić information content (AvgIpc) is 2.84. The van der Waals surface area contributed by atoms with Crippen molar-refractivity contribution < 1.29 is 4.74 Å². The minimum atomic E-state index is 0.922. The molecule has 2 heteroatoms. The molecule has 2 nitrogen and oxygen atoms in total. The second kappa shape index (κ2) is 6.04. The normalized spacial score (nSPS) is 11.0. The van der Waals surface area contributed by atoms with Crippen LogP contribution in [0.3, 0.4) is 0 Å². The van der Waals surface area contributed by atoms with E-state index in [0.29, 0.717) is 0 Å². The first-order chi connectivity index (χ1) is 10.3. The fourth-order valence-electron chi connectivity index (χ4n) is 2.92. The highest BCUT2D eigenvalue weighted by Crippen LogP contribution is 2.23. The Morgan fingerprint density at radius 1 is 0.952 bits per heavy atom. The highest BCUT2D eigenvalue weighted by molar-refractivity contribution is 5.84. The number of rotatable bonds is 5. The van der Waals surface area contributed by atoms with E-state index in [1.54, 1.807) is 7.11 Å². The molecule has 0 aliphatic rings. The molecule has 3 rings (SSSR count). The van der Waals surface area contributed by atoms with Gasteiger partial charge in [-0.15, -0.1) is 0 Å². The Balaban J connectivity index is 1.67. The van der Waals surface area contributed by atoms with Gasteiger partial charge in [0.1, 0.15) is 5.75 Å². The third kappa shape index (κ3) is 2.94. The number of methoxy groups -OCH3 is 1. The predicted octanol–water partition coefficient (Wildman–Crippen LogP) is 4.66. The van der Waals surface area contributed by atoms with Crippen molar-refractivity contribution in [2.45, 2.75) is 26.2 Å². The summed E-state index contributed by atoms with van der Waals surface area (Å²) in [7, 11) is 1.70. The molecule has 0 saturated heterocycles. The Labute approximate surface area is 125 Å². The summed E-state index contributed by atoms with van der Waals surface area (Å²) in [6.07, 6.45) is 3.37. The smallest absolute Gasteiger partial charge is 0.118 e. The van der Waals surface area contributed by atoms with Crippen molar-refractivity contribution in [3.63, 3.8) is 0 Å². The number of ether oxygens (including phenoxy) is 1. The summed E-state index contributed by atoms with van der Waals surface area (Å²) in [5.74, 6) is 0.922. The first-order valence-corrected chi connectivity index (χ1v) is 7.47. The molecule has 1 N–H and O–H groups in total. The van der Waals surface area contributed by atoms with Gasteiger partial charge in [-0.3, -0.25) is 0 Å².